The number of carbonyl (C=O) groups excluding carboxylic acids is 6. The molecule has 3 aliphatic heterocycles. The van der Waals surface area contributed by atoms with Gasteiger partial charge in [0.25, 0.3) is 0 Å². The van der Waals surface area contributed by atoms with Gasteiger partial charge in [0.05, 0.1) is 46.6 Å². The van der Waals surface area contributed by atoms with Crippen molar-refractivity contribution in [3.05, 3.63) is 245 Å². The van der Waals surface area contributed by atoms with E-state index in [1.54, 1.807) is 158 Å². The first-order valence-corrected chi connectivity index (χ1v) is 24.9. The standard InChI is InChI=1S/C61H50O17/c1-38(62)45-34-20-21-35-46(45)71-60-52(76-58(67)43-30-16-6-17-31-43)51(75-57(66)42-28-14-5-15-29-42)49(73-55(64)40-24-10-3-11-25-40)48(72-60)37-69-61(44-32-18-7-19-33-44)77-53-50(74-56(65)41-26-12-4-13-27-41)47(36-68-59(53)78-61)70-54(63)39-22-8-2-9-23-39/h2-35,47-53,59-60H,36-37H2,1H3/t47-,48-,49-,50+,51+,52-,53-,59-,60-,61?/m1/s1. The number of hydrogen-bond donors (Lipinski definition) is 0. The molecule has 3 saturated heterocycles. The molecule has 7 aromatic rings. The third-order valence-corrected chi connectivity index (χ3v) is 12.9. The van der Waals surface area contributed by atoms with Crippen LogP contribution in [-0.4, -0.2) is 104 Å². The molecule has 78 heavy (non-hydrogen) atoms. The van der Waals surface area contributed by atoms with Gasteiger partial charge in [-0.05, 0) is 79.7 Å². The largest absolute Gasteiger partial charge is 0.460 e. The number of Topliss-reactive ketones (excluding diaryl/α,β-unsaturated/α-hetero) is 1. The van der Waals surface area contributed by atoms with Crippen molar-refractivity contribution in [2.24, 2.45) is 0 Å². The Labute approximate surface area is 447 Å². The second-order valence-electron chi connectivity index (χ2n) is 18.1. The van der Waals surface area contributed by atoms with Gasteiger partial charge in [-0.3, -0.25) is 9.53 Å². The summed E-state index contributed by atoms with van der Waals surface area (Å²) in [6, 6.07) is 55.0. The SMILES string of the molecule is CC(=O)c1ccccc1O[C@@H]1O[C@H](COC2(c3ccccc3)O[C@H]3OC[C@@H](OC(=O)c4ccccc4)[C@H](OC(=O)c4ccccc4)[C@H]3O2)[C@@H](OC(=O)c2ccccc2)[C@H](OC(=O)c2ccccc2)[C@H]1OC(=O)c1ccccc1. The molecule has 7 aromatic carbocycles. The monoisotopic (exact) mass is 1050 g/mol. The Hall–Kier alpha value is -8.84. The predicted octanol–water partition coefficient (Wildman–Crippen LogP) is 8.72. The quantitative estimate of drug-likeness (QED) is 0.0475. The third-order valence-electron chi connectivity index (χ3n) is 12.9. The van der Waals surface area contributed by atoms with Crippen molar-refractivity contribution >= 4 is 35.6 Å². The highest BCUT2D eigenvalue weighted by atomic mass is 16.9. The van der Waals surface area contributed by atoms with Crippen molar-refractivity contribution in [1.82, 2.24) is 0 Å². The fourth-order valence-electron chi connectivity index (χ4n) is 9.03. The van der Waals surface area contributed by atoms with Crippen molar-refractivity contribution in [3.8, 4) is 5.75 Å². The average Bonchev–Trinajstić information content (AvgIpc) is 4.08. The molecule has 1 unspecified atom stereocenters. The molecule has 10 atom stereocenters. The molecule has 0 radical (unpaired) electrons. The van der Waals surface area contributed by atoms with Crippen LogP contribution in [0.15, 0.2) is 206 Å². The van der Waals surface area contributed by atoms with Crippen molar-refractivity contribution < 1.29 is 80.9 Å². The summed E-state index contributed by atoms with van der Waals surface area (Å²) in [5.41, 5.74) is 1.10. The van der Waals surface area contributed by atoms with Gasteiger partial charge in [0.15, 0.2) is 42.6 Å². The lowest BCUT2D eigenvalue weighted by atomic mass is 9.97. The Morgan fingerprint density at radius 1 is 0.462 bits per heavy atom. The lowest BCUT2D eigenvalue weighted by Gasteiger charge is -2.45. The molecular weight excluding hydrogens is 1000 g/mol. The molecule has 3 heterocycles. The normalized spacial score (nSPS) is 24.3. The molecule has 0 bridgehead atoms. The van der Waals surface area contributed by atoms with E-state index in [-0.39, 0.29) is 57.1 Å². The van der Waals surface area contributed by atoms with Gasteiger partial charge in [-0.1, -0.05) is 133 Å². The van der Waals surface area contributed by atoms with Crippen LogP contribution < -0.4 is 4.74 Å². The van der Waals surface area contributed by atoms with Crippen LogP contribution in [0.3, 0.4) is 0 Å². The van der Waals surface area contributed by atoms with E-state index in [0.29, 0.717) is 0 Å². The van der Waals surface area contributed by atoms with Crippen LogP contribution in [0.1, 0.15) is 74.6 Å². The van der Waals surface area contributed by atoms with E-state index < -0.39 is 97.7 Å². The van der Waals surface area contributed by atoms with Gasteiger partial charge in [-0.15, -0.1) is 0 Å². The van der Waals surface area contributed by atoms with Gasteiger partial charge in [0.2, 0.25) is 12.4 Å². The summed E-state index contributed by atoms with van der Waals surface area (Å²) in [6.07, 6.45) is -13.8. The van der Waals surface area contributed by atoms with E-state index in [1.165, 1.54) is 55.5 Å². The van der Waals surface area contributed by atoms with Crippen LogP contribution >= 0.6 is 0 Å². The summed E-state index contributed by atoms with van der Waals surface area (Å²) in [6.45, 7) is 0.364. The molecule has 0 saturated carbocycles. The number of fused-ring (bicyclic) bond motifs is 1. The highest BCUT2D eigenvalue weighted by Gasteiger charge is 2.61. The molecule has 10 rings (SSSR count). The number of esters is 5. The molecule has 0 aliphatic carbocycles. The summed E-state index contributed by atoms with van der Waals surface area (Å²) < 4.78 is 70.7. The van der Waals surface area contributed by atoms with E-state index in [1.807, 2.05) is 0 Å². The number of hydrogen-bond acceptors (Lipinski definition) is 17. The summed E-state index contributed by atoms with van der Waals surface area (Å²) in [7, 11) is 0. The van der Waals surface area contributed by atoms with Crippen LogP contribution in [0.2, 0.25) is 0 Å². The molecular formula is C61H50O17. The van der Waals surface area contributed by atoms with E-state index in [9.17, 15) is 28.8 Å². The minimum atomic E-state index is -2.27. The topological polar surface area (TPSA) is 204 Å². The zero-order valence-electron chi connectivity index (χ0n) is 41.7. The summed E-state index contributed by atoms with van der Waals surface area (Å²) >= 11 is 0. The van der Waals surface area contributed by atoms with Crippen LogP contribution in [0, 0.1) is 0 Å². The Kier molecular flexibility index (Phi) is 16.2. The van der Waals surface area contributed by atoms with Gasteiger partial charge in [0.1, 0.15) is 11.9 Å². The molecule has 17 heteroatoms. The zero-order chi connectivity index (χ0) is 54.0. The summed E-state index contributed by atoms with van der Waals surface area (Å²) in [5, 5.41) is 0. The average molecular weight is 1060 g/mol. The highest BCUT2D eigenvalue weighted by Crippen LogP contribution is 2.45. The van der Waals surface area contributed by atoms with Gasteiger partial charge >= 0.3 is 35.8 Å². The lowest BCUT2D eigenvalue weighted by Crippen LogP contribution is -2.64. The first kappa shape index (κ1) is 52.6. The maximum absolute atomic E-state index is 14.4. The Morgan fingerprint density at radius 2 is 0.872 bits per heavy atom. The fraction of sp³-hybridized carbons (Fsp3) is 0.213. The van der Waals surface area contributed by atoms with E-state index in [2.05, 4.69) is 0 Å². The lowest BCUT2D eigenvalue weighted by molar-refractivity contribution is -0.379. The van der Waals surface area contributed by atoms with Gasteiger partial charge in [0, 0.05) is 5.56 Å². The first-order chi connectivity index (χ1) is 38.0. The second-order valence-corrected chi connectivity index (χ2v) is 18.1. The number of ketones is 1. The van der Waals surface area contributed by atoms with Crippen molar-refractivity contribution in [2.75, 3.05) is 13.2 Å². The second kappa shape index (κ2) is 24.0. The van der Waals surface area contributed by atoms with Gasteiger partial charge in [-0.25, -0.2) is 24.0 Å². The Bertz CT molecular complexity index is 3200. The van der Waals surface area contributed by atoms with Crippen molar-refractivity contribution in [2.45, 2.75) is 68.2 Å². The maximum atomic E-state index is 14.4. The molecule has 3 aliphatic rings. The minimum Gasteiger partial charge on any atom is -0.460 e. The minimum absolute atomic E-state index is 0.00587. The van der Waals surface area contributed by atoms with Crippen LogP contribution in [-0.2, 0) is 53.3 Å². The van der Waals surface area contributed by atoms with Crippen molar-refractivity contribution in [1.29, 1.82) is 0 Å². The van der Waals surface area contributed by atoms with E-state index >= 15 is 0 Å². The molecule has 0 amide bonds. The van der Waals surface area contributed by atoms with Gasteiger partial charge < -0.3 is 47.4 Å². The first-order valence-electron chi connectivity index (χ1n) is 24.9. The van der Waals surface area contributed by atoms with E-state index in [4.69, 9.17) is 52.1 Å². The third kappa shape index (κ3) is 11.9. The molecule has 0 spiro atoms. The predicted molar refractivity (Wildman–Crippen MR) is 274 cm³/mol. The number of carbonyl (C=O) groups is 6. The molecule has 3 fully saturated rings. The summed E-state index contributed by atoms with van der Waals surface area (Å²) in [5.74, 6) is -6.83. The smallest absolute Gasteiger partial charge is 0.338 e. The zero-order valence-corrected chi connectivity index (χ0v) is 41.7. The maximum Gasteiger partial charge on any atom is 0.338 e. The molecule has 17 nitrogen and oxygen atoms in total. The van der Waals surface area contributed by atoms with Crippen LogP contribution in [0.4, 0.5) is 0 Å². The molecule has 0 aromatic heterocycles. The summed E-state index contributed by atoms with van der Waals surface area (Å²) in [4.78, 5) is 83.5. The van der Waals surface area contributed by atoms with Gasteiger partial charge in [-0.2, -0.15) is 0 Å². The van der Waals surface area contributed by atoms with Crippen LogP contribution in [0.5, 0.6) is 5.75 Å². The van der Waals surface area contributed by atoms with E-state index in [0.717, 1.165) is 0 Å². The number of para-hydroxylation sites is 1. The van der Waals surface area contributed by atoms with Crippen LogP contribution in [0.25, 0.3) is 0 Å². The fourth-order valence-corrected chi connectivity index (χ4v) is 9.03. The molecule has 0 N–H and O–H groups in total. The molecule has 396 valence electrons. The van der Waals surface area contributed by atoms with Crippen molar-refractivity contribution in [3.63, 3.8) is 0 Å². The highest BCUT2D eigenvalue weighted by molar-refractivity contribution is 5.97. The number of ether oxygens (including phenoxy) is 11. The number of benzene rings is 7. The Morgan fingerprint density at radius 3 is 1.36 bits per heavy atom. The number of rotatable bonds is 17. The Balaban J connectivity index is 1.05.